The van der Waals surface area contributed by atoms with Gasteiger partial charge in [0.05, 0.1) is 11.8 Å². The van der Waals surface area contributed by atoms with Gasteiger partial charge in [0.25, 0.3) is 0 Å². The van der Waals surface area contributed by atoms with E-state index in [9.17, 15) is 4.79 Å². The predicted molar refractivity (Wildman–Crippen MR) is 92.6 cm³/mol. The van der Waals surface area contributed by atoms with Crippen molar-refractivity contribution in [2.75, 3.05) is 5.75 Å². The summed E-state index contributed by atoms with van der Waals surface area (Å²) in [6.45, 7) is 4.06. The quantitative estimate of drug-likeness (QED) is 0.778. The van der Waals surface area contributed by atoms with Crippen LogP contribution < -0.4 is 5.32 Å². The summed E-state index contributed by atoms with van der Waals surface area (Å²) in [5, 5.41) is 3.03. The van der Waals surface area contributed by atoms with Crippen LogP contribution in [0.4, 0.5) is 0 Å². The Morgan fingerprint density at radius 3 is 2.52 bits per heavy atom. The van der Waals surface area contributed by atoms with Crippen LogP contribution in [0.5, 0.6) is 0 Å². The van der Waals surface area contributed by atoms with Gasteiger partial charge in [0.2, 0.25) is 5.91 Å². The molecule has 2 nitrogen and oxygen atoms in total. The first-order valence-corrected chi connectivity index (χ1v) is 8.57. The Balaban J connectivity index is 1.87. The number of carbonyl (C=O) groups is 1. The van der Waals surface area contributed by atoms with Gasteiger partial charge in [-0.25, -0.2) is 0 Å². The molecule has 2 aromatic carbocycles. The van der Waals surface area contributed by atoms with Gasteiger partial charge in [-0.05, 0) is 43.2 Å². The Bertz CT molecular complexity index is 612. The van der Waals surface area contributed by atoms with Crippen LogP contribution in [0.3, 0.4) is 0 Å². The van der Waals surface area contributed by atoms with Gasteiger partial charge >= 0.3 is 0 Å². The van der Waals surface area contributed by atoms with Crippen molar-refractivity contribution in [2.24, 2.45) is 0 Å². The third-order valence-corrected chi connectivity index (χ3v) is 4.90. The molecule has 2 rings (SSSR count). The van der Waals surface area contributed by atoms with E-state index < -0.39 is 0 Å². The molecule has 2 aromatic rings. The van der Waals surface area contributed by atoms with E-state index in [4.69, 9.17) is 0 Å². The first kappa shape index (κ1) is 16.1. The SMILES string of the molecule is Cc1ccccc1SCC(=O)N[C@H](C)c1ccc(Br)cc1. The van der Waals surface area contributed by atoms with Gasteiger partial charge in [-0.15, -0.1) is 11.8 Å². The Labute approximate surface area is 138 Å². The fourth-order valence-corrected chi connectivity index (χ4v) is 3.08. The van der Waals surface area contributed by atoms with Gasteiger partial charge in [0.1, 0.15) is 0 Å². The van der Waals surface area contributed by atoms with E-state index in [1.165, 1.54) is 5.56 Å². The zero-order valence-electron chi connectivity index (χ0n) is 12.1. The zero-order valence-corrected chi connectivity index (χ0v) is 14.5. The van der Waals surface area contributed by atoms with Gasteiger partial charge in [-0.3, -0.25) is 4.79 Å². The molecule has 1 amide bonds. The van der Waals surface area contributed by atoms with Crippen molar-refractivity contribution >= 4 is 33.6 Å². The number of nitrogens with one attached hydrogen (secondary N) is 1. The fraction of sp³-hybridized carbons (Fsp3) is 0.235. The van der Waals surface area contributed by atoms with Gasteiger partial charge in [-0.2, -0.15) is 0 Å². The summed E-state index contributed by atoms with van der Waals surface area (Å²) in [7, 11) is 0. The summed E-state index contributed by atoms with van der Waals surface area (Å²) in [5.74, 6) is 0.491. The van der Waals surface area contributed by atoms with Crippen LogP contribution in [0.1, 0.15) is 24.1 Å². The molecule has 21 heavy (non-hydrogen) atoms. The monoisotopic (exact) mass is 363 g/mol. The highest BCUT2D eigenvalue weighted by Crippen LogP contribution is 2.22. The van der Waals surface area contributed by atoms with Crippen LogP contribution in [-0.4, -0.2) is 11.7 Å². The van der Waals surface area contributed by atoms with Crippen molar-refractivity contribution < 1.29 is 4.79 Å². The number of halogens is 1. The molecule has 0 unspecified atom stereocenters. The third kappa shape index (κ3) is 4.90. The van der Waals surface area contributed by atoms with E-state index in [2.05, 4.69) is 34.2 Å². The predicted octanol–water partition coefficient (Wildman–Crippen LogP) is 4.73. The molecule has 1 N–H and O–H groups in total. The zero-order chi connectivity index (χ0) is 15.2. The maximum atomic E-state index is 12.0. The lowest BCUT2D eigenvalue weighted by Crippen LogP contribution is -2.28. The first-order chi connectivity index (χ1) is 10.1. The normalized spacial score (nSPS) is 12.0. The van der Waals surface area contributed by atoms with Crippen molar-refractivity contribution in [3.8, 4) is 0 Å². The van der Waals surface area contributed by atoms with E-state index in [0.717, 1.165) is 14.9 Å². The average Bonchev–Trinajstić information content (AvgIpc) is 2.47. The number of carbonyl (C=O) groups excluding carboxylic acids is 1. The Morgan fingerprint density at radius 2 is 1.86 bits per heavy atom. The standard InChI is InChI=1S/C17H18BrNOS/c1-12-5-3-4-6-16(12)21-11-17(20)19-13(2)14-7-9-15(18)10-8-14/h3-10,13H,11H2,1-2H3,(H,19,20)/t13-/m1/s1. The number of benzene rings is 2. The fourth-order valence-electron chi connectivity index (χ4n) is 1.98. The van der Waals surface area contributed by atoms with Crippen molar-refractivity contribution in [3.63, 3.8) is 0 Å². The molecule has 0 bridgehead atoms. The van der Waals surface area contributed by atoms with E-state index in [0.29, 0.717) is 5.75 Å². The van der Waals surface area contributed by atoms with Crippen molar-refractivity contribution in [3.05, 3.63) is 64.1 Å². The Kier molecular flexibility index (Phi) is 5.88. The van der Waals surface area contributed by atoms with Crippen molar-refractivity contribution in [2.45, 2.75) is 24.8 Å². The van der Waals surface area contributed by atoms with Crippen molar-refractivity contribution in [1.82, 2.24) is 5.32 Å². The molecule has 1 atom stereocenters. The second kappa shape index (κ2) is 7.66. The molecule has 0 radical (unpaired) electrons. The second-order valence-corrected chi connectivity index (χ2v) is 6.83. The molecule has 110 valence electrons. The summed E-state index contributed by atoms with van der Waals surface area (Å²) >= 11 is 4.99. The minimum Gasteiger partial charge on any atom is -0.349 e. The lowest BCUT2D eigenvalue weighted by molar-refractivity contribution is -0.119. The Morgan fingerprint density at radius 1 is 1.19 bits per heavy atom. The van der Waals surface area contributed by atoms with Gasteiger partial charge in [0.15, 0.2) is 0 Å². The molecule has 0 heterocycles. The molecule has 0 aliphatic heterocycles. The maximum absolute atomic E-state index is 12.0. The molecular weight excluding hydrogens is 346 g/mol. The molecule has 0 spiro atoms. The number of aryl methyl sites for hydroxylation is 1. The van der Waals surface area contributed by atoms with Crippen LogP contribution >= 0.6 is 27.7 Å². The maximum Gasteiger partial charge on any atom is 0.230 e. The molecule has 0 aliphatic carbocycles. The number of amides is 1. The van der Waals surface area contributed by atoms with E-state index in [1.807, 2.05) is 49.4 Å². The lowest BCUT2D eigenvalue weighted by Gasteiger charge is -2.14. The molecule has 4 heteroatoms. The van der Waals surface area contributed by atoms with E-state index >= 15 is 0 Å². The van der Waals surface area contributed by atoms with Gasteiger partial charge in [-0.1, -0.05) is 46.3 Å². The van der Waals surface area contributed by atoms with Crippen LogP contribution in [0.2, 0.25) is 0 Å². The number of thioether (sulfide) groups is 1. The highest BCUT2D eigenvalue weighted by atomic mass is 79.9. The van der Waals surface area contributed by atoms with E-state index in [-0.39, 0.29) is 11.9 Å². The number of rotatable bonds is 5. The summed E-state index contributed by atoms with van der Waals surface area (Å²) in [6, 6.07) is 16.1. The summed E-state index contributed by atoms with van der Waals surface area (Å²) < 4.78 is 1.04. The van der Waals surface area contributed by atoms with Crippen LogP contribution in [0, 0.1) is 6.92 Å². The van der Waals surface area contributed by atoms with Crippen LogP contribution in [0.25, 0.3) is 0 Å². The topological polar surface area (TPSA) is 29.1 Å². The molecule has 0 aliphatic rings. The molecule has 0 fully saturated rings. The molecular formula is C17H18BrNOS. The van der Waals surface area contributed by atoms with Gasteiger partial charge in [0, 0.05) is 9.37 Å². The van der Waals surface area contributed by atoms with Crippen LogP contribution in [-0.2, 0) is 4.79 Å². The lowest BCUT2D eigenvalue weighted by atomic mass is 10.1. The first-order valence-electron chi connectivity index (χ1n) is 6.79. The Hall–Kier alpha value is -1.26. The highest BCUT2D eigenvalue weighted by Gasteiger charge is 2.10. The largest absolute Gasteiger partial charge is 0.349 e. The second-order valence-electron chi connectivity index (χ2n) is 4.89. The molecule has 0 aromatic heterocycles. The summed E-state index contributed by atoms with van der Waals surface area (Å²) in [6.07, 6.45) is 0. The third-order valence-electron chi connectivity index (χ3n) is 3.20. The smallest absolute Gasteiger partial charge is 0.230 e. The molecule has 0 saturated carbocycles. The summed E-state index contributed by atoms with van der Waals surface area (Å²) in [5.41, 5.74) is 2.31. The van der Waals surface area contributed by atoms with Gasteiger partial charge < -0.3 is 5.32 Å². The van der Waals surface area contributed by atoms with Crippen molar-refractivity contribution in [1.29, 1.82) is 0 Å². The minimum absolute atomic E-state index is 0.0167. The number of hydrogen-bond acceptors (Lipinski definition) is 2. The van der Waals surface area contributed by atoms with E-state index in [1.54, 1.807) is 11.8 Å². The number of hydrogen-bond donors (Lipinski definition) is 1. The average molecular weight is 364 g/mol. The minimum atomic E-state index is 0.0167. The highest BCUT2D eigenvalue weighted by molar-refractivity contribution is 9.10. The van der Waals surface area contributed by atoms with Crippen LogP contribution in [0.15, 0.2) is 57.9 Å². The summed E-state index contributed by atoms with van der Waals surface area (Å²) in [4.78, 5) is 13.2. The molecule has 0 saturated heterocycles.